The molecule has 1 atom stereocenters. The molecule has 0 heterocycles. The molecule has 1 N–H and O–H groups in total. The second-order valence-corrected chi connectivity index (χ2v) is 8.40. The molecule has 0 radical (unpaired) electrons. The number of rotatable bonds is 5. The van der Waals surface area contributed by atoms with Crippen LogP contribution in [0, 0.1) is 22.2 Å². The first kappa shape index (κ1) is 15.0. The van der Waals surface area contributed by atoms with Gasteiger partial charge in [0.2, 0.25) is 0 Å². The minimum Gasteiger partial charge on any atom is -0.314 e. The summed E-state index contributed by atoms with van der Waals surface area (Å²) in [6.45, 7) is 20.1. The molecule has 1 fully saturated rings. The second kappa shape index (κ2) is 4.57. The maximum absolute atomic E-state index is 3.73. The topological polar surface area (TPSA) is 12.0 Å². The van der Waals surface area contributed by atoms with E-state index < -0.39 is 0 Å². The molecule has 0 spiro atoms. The summed E-state index contributed by atoms with van der Waals surface area (Å²) in [4.78, 5) is 0. The highest BCUT2D eigenvalue weighted by molar-refractivity contribution is 5.12. The lowest BCUT2D eigenvalue weighted by atomic mass is 9.89. The van der Waals surface area contributed by atoms with Crippen LogP contribution >= 0.6 is 0 Å². The van der Waals surface area contributed by atoms with Crippen LogP contribution < -0.4 is 5.32 Å². The SMILES string of the molecule is CC(CCC(C)(C)C)NCC1C(C)(C)C1(C)C. The molecule has 1 heteroatoms. The lowest BCUT2D eigenvalue weighted by Crippen LogP contribution is -2.30. The Kier molecular flexibility index (Phi) is 4.04. The Morgan fingerprint density at radius 3 is 1.88 bits per heavy atom. The minimum absolute atomic E-state index is 0.466. The molecule has 0 amide bonds. The van der Waals surface area contributed by atoms with Crippen LogP contribution in [0.1, 0.15) is 68.2 Å². The summed E-state index contributed by atoms with van der Waals surface area (Å²) in [5.74, 6) is 0.840. The van der Waals surface area contributed by atoms with E-state index in [0.29, 0.717) is 22.3 Å². The van der Waals surface area contributed by atoms with Crippen molar-refractivity contribution in [1.82, 2.24) is 5.32 Å². The van der Waals surface area contributed by atoms with Gasteiger partial charge >= 0.3 is 0 Å². The molecule has 1 unspecified atom stereocenters. The summed E-state index contributed by atoms with van der Waals surface area (Å²) in [6, 6.07) is 0.654. The van der Waals surface area contributed by atoms with Crippen molar-refractivity contribution in [2.45, 2.75) is 74.3 Å². The van der Waals surface area contributed by atoms with E-state index in [9.17, 15) is 0 Å². The minimum atomic E-state index is 0.466. The zero-order valence-corrected chi connectivity index (χ0v) is 13.3. The first-order valence-corrected chi connectivity index (χ1v) is 7.22. The Labute approximate surface area is 109 Å². The van der Waals surface area contributed by atoms with Crippen molar-refractivity contribution >= 4 is 0 Å². The predicted molar refractivity (Wildman–Crippen MR) is 77.2 cm³/mol. The molecular weight excluding hydrogens is 206 g/mol. The third kappa shape index (κ3) is 3.47. The van der Waals surface area contributed by atoms with E-state index in [-0.39, 0.29) is 0 Å². The van der Waals surface area contributed by atoms with Gasteiger partial charge in [-0.05, 0) is 48.5 Å². The molecule has 0 aliphatic heterocycles. The average Bonchev–Trinajstić information content (AvgIpc) is 2.50. The van der Waals surface area contributed by atoms with Crippen LogP contribution in [-0.4, -0.2) is 12.6 Å². The highest BCUT2D eigenvalue weighted by Gasteiger charge is 2.63. The zero-order valence-electron chi connectivity index (χ0n) is 13.3. The lowest BCUT2D eigenvalue weighted by molar-refractivity contribution is 0.332. The number of hydrogen-bond acceptors (Lipinski definition) is 1. The van der Waals surface area contributed by atoms with Crippen molar-refractivity contribution in [1.29, 1.82) is 0 Å². The van der Waals surface area contributed by atoms with E-state index in [2.05, 4.69) is 60.7 Å². The Balaban J connectivity index is 2.24. The van der Waals surface area contributed by atoms with Gasteiger partial charge in [0.25, 0.3) is 0 Å². The molecular formula is C16H33N. The number of nitrogens with one attached hydrogen (secondary N) is 1. The Hall–Kier alpha value is -0.0400. The summed E-state index contributed by atoms with van der Waals surface area (Å²) >= 11 is 0. The van der Waals surface area contributed by atoms with Gasteiger partial charge in [0.05, 0.1) is 0 Å². The zero-order chi connectivity index (χ0) is 13.5. The van der Waals surface area contributed by atoms with E-state index in [1.165, 1.54) is 19.4 Å². The van der Waals surface area contributed by atoms with Gasteiger partial charge in [-0.1, -0.05) is 48.5 Å². The van der Waals surface area contributed by atoms with Crippen molar-refractivity contribution in [3.8, 4) is 0 Å². The third-order valence-electron chi connectivity index (χ3n) is 5.32. The fourth-order valence-electron chi connectivity index (χ4n) is 2.91. The van der Waals surface area contributed by atoms with Crippen LogP contribution in [-0.2, 0) is 0 Å². The first-order valence-electron chi connectivity index (χ1n) is 7.22. The normalized spacial score (nSPS) is 24.7. The smallest absolute Gasteiger partial charge is 0.00390 e. The molecule has 0 aromatic rings. The van der Waals surface area contributed by atoms with Crippen LogP contribution in [0.4, 0.5) is 0 Å². The summed E-state index contributed by atoms with van der Waals surface area (Å²) in [7, 11) is 0. The molecule has 0 aromatic heterocycles. The maximum atomic E-state index is 3.73. The van der Waals surface area contributed by atoms with Gasteiger partial charge in [-0.2, -0.15) is 0 Å². The quantitative estimate of drug-likeness (QED) is 0.746. The van der Waals surface area contributed by atoms with Gasteiger partial charge in [-0.15, -0.1) is 0 Å². The Morgan fingerprint density at radius 1 is 1.06 bits per heavy atom. The lowest BCUT2D eigenvalue weighted by Gasteiger charge is -2.22. The van der Waals surface area contributed by atoms with Crippen LogP contribution in [0.25, 0.3) is 0 Å². The van der Waals surface area contributed by atoms with Gasteiger partial charge in [-0.25, -0.2) is 0 Å². The van der Waals surface area contributed by atoms with Crippen molar-refractivity contribution < 1.29 is 0 Å². The van der Waals surface area contributed by atoms with Crippen molar-refractivity contribution in [3.63, 3.8) is 0 Å². The van der Waals surface area contributed by atoms with E-state index in [1.807, 2.05) is 0 Å². The fourth-order valence-corrected chi connectivity index (χ4v) is 2.91. The largest absolute Gasteiger partial charge is 0.314 e. The summed E-state index contributed by atoms with van der Waals surface area (Å²) in [5.41, 5.74) is 1.50. The van der Waals surface area contributed by atoms with Crippen LogP contribution in [0.15, 0.2) is 0 Å². The van der Waals surface area contributed by atoms with Crippen molar-refractivity contribution in [2.75, 3.05) is 6.54 Å². The first-order chi connectivity index (χ1) is 7.48. The van der Waals surface area contributed by atoms with E-state index in [0.717, 1.165) is 5.92 Å². The third-order valence-corrected chi connectivity index (χ3v) is 5.32. The van der Waals surface area contributed by atoms with Crippen LogP contribution in [0.2, 0.25) is 0 Å². The molecule has 1 aliphatic rings. The molecule has 1 rings (SSSR count). The molecule has 0 aromatic carbocycles. The molecule has 0 saturated heterocycles. The summed E-state index contributed by atoms with van der Waals surface area (Å²) in [6.07, 6.45) is 2.59. The van der Waals surface area contributed by atoms with Crippen LogP contribution in [0.5, 0.6) is 0 Å². The highest BCUT2D eigenvalue weighted by Crippen LogP contribution is 2.67. The fraction of sp³-hybridized carbons (Fsp3) is 1.00. The Bertz CT molecular complexity index is 243. The standard InChI is InChI=1S/C16H33N/c1-12(9-10-14(2,3)4)17-11-13-15(5,6)16(13,7)8/h12-13,17H,9-11H2,1-8H3. The molecule has 1 aliphatic carbocycles. The summed E-state index contributed by atoms with van der Waals surface area (Å²) in [5, 5.41) is 3.73. The number of hydrogen-bond donors (Lipinski definition) is 1. The summed E-state index contributed by atoms with van der Waals surface area (Å²) < 4.78 is 0. The van der Waals surface area contributed by atoms with Crippen molar-refractivity contribution in [2.24, 2.45) is 22.2 Å². The second-order valence-electron chi connectivity index (χ2n) is 8.40. The van der Waals surface area contributed by atoms with E-state index >= 15 is 0 Å². The molecule has 1 nitrogen and oxygen atoms in total. The monoisotopic (exact) mass is 239 g/mol. The average molecular weight is 239 g/mol. The Morgan fingerprint density at radius 2 is 1.53 bits per heavy atom. The van der Waals surface area contributed by atoms with Crippen molar-refractivity contribution in [3.05, 3.63) is 0 Å². The van der Waals surface area contributed by atoms with E-state index in [4.69, 9.17) is 0 Å². The molecule has 17 heavy (non-hydrogen) atoms. The predicted octanol–water partition coefficient (Wildman–Crippen LogP) is 4.47. The molecule has 102 valence electrons. The van der Waals surface area contributed by atoms with Gasteiger partial charge in [0.15, 0.2) is 0 Å². The van der Waals surface area contributed by atoms with Crippen LogP contribution in [0.3, 0.4) is 0 Å². The van der Waals surface area contributed by atoms with Gasteiger partial charge in [0.1, 0.15) is 0 Å². The van der Waals surface area contributed by atoms with Gasteiger partial charge in [0, 0.05) is 6.04 Å². The van der Waals surface area contributed by atoms with Gasteiger partial charge in [-0.3, -0.25) is 0 Å². The maximum Gasteiger partial charge on any atom is 0.00390 e. The molecule has 1 saturated carbocycles. The van der Waals surface area contributed by atoms with Gasteiger partial charge < -0.3 is 5.32 Å². The van der Waals surface area contributed by atoms with E-state index in [1.54, 1.807) is 0 Å². The molecule has 0 bridgehead atoms. The highest BCUT2D eigenvalue weighted by atomic mass is 14.9.